The van der Waals surface area contributed by atoms with Crippen molar-refractivity contribution in [3.05, 3.63) is 28.8 Å². The van der Waals surface area contributed by atoms with E-state index in [2.05, 4.69) is 21.6 Å². The summed E-state index contributed by atoms with van der Waals surface area (Å²) < 4.78 is 5.36. The maximum atomic E-state index is 12.1. The van der Waals surface area contributed by atoms with Crippen LogP contribution >= 0.6 is 0 Å². The Morgan fingerprint density at radius 3 is 3.15 bits per heavy atom. The molecule has 1 amide bonds. The predicted octanol–water partition coefficient (Wildman–Crippen LogP) is 0.699. The van der Waals surface area contributed by atoms with Crippen molar-refractivity contribution in [3.8, 4) is 0 Å². The number of nitrogens with one attached hydrogen (secondary N) is 2. The number of hydrogen-bond acceptors (Lipinski definition) is 4. The number of nitrogens with zero attached hydrogens (tertiary/aromatic N) is 1. The summed E-state index contributed by atoms with van der Waals surface area (Å²) in [6.45, 7) is 4.42. The third-order valence-electron chi connectivity index (χ3n) is 4.18. The van der Waals surface area contributed by atoms with Gasteiger partial charge in [-0.05, 0) is 17.2 Å². The van der Waals surface area contributed by atoms with Gasteiger partial charge in [0.05, 0.1) is 6.61 Å². The molecule has 0 saturated carbocycles. The second kappa shape index (κ2) is 5.42. The Kier molecular flexibility index (Phi) is 3.63. The van der Waals surface area contributed by atoms with Gasteiger partial charge in [0.25, 0.3) is 5.91 Å². The number of carbonyl (C=O) groups is 1. The molecule has 2 heterocycles. The predicted molar refractivity (Wildman–Crippen MR) is 78.4 cm³/mol. The minimum atomic E-state index is -0.0111. The van der Waals surface area contributed by atoms with Crippen LogP contribution in [-0.2, 0) is 11.3 Å². The van der Waals surface area contributed by atoms with E-state index in [9.17, 15) is 4.79 Å². The molecule has 2 aliphatic heterocycles. The Morgan fingerprint density at radius 1 is 1.55 bits per heavy atom. The summed E-state index contributed by atoms with van der Waals surface area (Å²) in [6.07, 6.45) is 0. The fourth-order valence-electron chi connectivity index (χ4n) is 3.34. The van der Waals surface area contributed by atoms with Crippen LogP contribution in [0.3, 0.4) is 0 Å². The van der Waals surface area contributed by atoms with Gasteiger partial charge < -0.3 is 20.3 Å². The van der Waals surface area contributed by atoms with E-state index in [-0.39, 0.29) is 11.8 Å². The van der Waals surface area contributed by atoms with Crippen molar-refractivity contribution in [1.82, 2.24) is 10.6 Å². The fourth-order valence-corrected chi connectivity index (χ4v) is 3.34. The van der Waals surface area contributed by atoms with E-state index in [0.29, 0.717) is 6.61 Å². The quantitative estimate of drug-likeness (QED) is 0.852. The van der Waals surface area contributed by atoms with Crippen molar-refractivity contribution >= 4 is 11.6 Å². The monoisotopic (exact) mass is 275 g/mol. The van der Waals surface area contributed by atoms with Crippen molar-refractivity contribution < 1.29 is 9.53 Å². The number of amides is 1. The first-order valence-corrected chi connectivity index (χ1v) is 7.08. The van der Waals surface area contributed by atoms with E-state index < -0.39 is 0 Å². The summed E-state index contributed by atoms with van der Waals surface area (Å²) >= 11 is 0. The first kappa shape index (κ1) is 13.4. The lowest BCUT2D eigenvalue weighted by Gasteiger charge is -2.19. The van der Waals surface area contributed by atoms with E-state index >= 15 is 0 Å². The molecule has 0 saturated heterocycles. The Balaban J connectivity index is 2.13. The minimum Gasteiger partial charge on any atom is -0.384 e. The zero-order valence-corrected chi connectivity index (χ0v) is 12.0. The smallest absolute Gasteiger partial charge is 0.251 e. The van der Waals surface area contributed by atoms with E-state index in [4.69, 9.17) is 4.74 Å². The molecular formula is C15H21N3O2. The normalized spacial score (nSPS) is 20.5. The maximum Gasteiger partial charge on any atom is 0.251 e. The molecule has 5 heteroatoms. The number of ether oxygens (including phenoxy) is 1. The molecule has 0 aliphatic carbocycles. The molecule has 1 unspecified atom stereocenters. The van der Waals surface area contributed by atoms with Crippen LogP contribution in [0.5, 0.6) is 0 Å². The van der Waals surface area contributed by atoms with Crippen LogP contribution < -0.4 is 15.5 Å². The van der Waals surface area contributed by atoms with Gasteiger partial charge >= 0.3 is 0 Å². The molecule has 1 aromatic carbocycles. The maximum absolute atomic E-state index is 12.1. The Bertz CT molecular complexity index is 530. The number of anilines is 1. The number of carbonyl (C=O) groups excluding carboxylic acids is 1. The molecule has 20 heavy (non-hydrogen) atoms. The van der Waals surface area contributed by atoms with Crippen molar-refractivity contribution in [3.63, 3.8) is 0 Å². The third kappa shape index (κ3) is 2.07. The number of hydrogen-bond donors (Lipinski definition) is 2. The molecule has 5 nitrogen and oxygen atoms in total. The lowest BCUT2D eigenvalue weighted by atomic mass is 9.93. The van der Waals surface area contributed by atoms with E-state index in [0.717, 1.165) is 37.3 Å². The molecule has 1 aromatic rings. The molecular weight excluding hydrogens is 254 g/mol. The Labute approximate surface area is 119 Å². The summed E-state index contributed by atoms with van der Waals surface area (Å²) in [5.41, 5.74) is 4.48. The summed E-state index contributed by atoms with van der Waals surface area (Å²) in [7, 11) is 3.40. The molecule has 3 rings (SSSR count). The van der Waals surface area contributed by atoms with Crippen LogP contribution in [-0.4, -0.2) is 46.3 Å². The van der Waals surface area contributed by atoms with Gasteiger partial charge in [0.1, 0.15) is 0 Å². The second-order valence-electron chi connectivity index (χ2n) is 5.39. The molecule has 1 atom stereocenters. The Morgan fingerprint density at radius 2 is 2.40 bits per heavy atom. The minimum absolute atomic E-state index is 0.0111. The van der Waals surface area contributed by atoms with Crippen LogP contribution in [0, 0.1) is 0 Å². The number of benzene rings is 1. The van der Waals surface area contributed by atoms with Gasteiger partial charge in [-0.15, -0.1) is 0 Å². The molecule has 0 aromatic heterocycles. The van der Waals surface area contributed by atoms with Gasteiger partial charge in [0, 0.05) is 57.5 Å². The van der Waals surface area contributed by atoms with E-state index in [1.165, 1.54) is 11.3 Å². The van der Waals surface area contributed by atoms with Gasteiger partial charge in [-0.2, -0.15) is 0 Å². The highest BCUT2D eigenvalue weighted by molar-refractivity contribution is 5.98. The van der Waals surface area contributed by atoms with Crippen LogP contribution in [0.4, 0.5) is 5.69 Å². The van der Waals surface area contributed by atoms with Crippen molar-refractivity contribution in [2.45, 2.75) is 12.5 Å². The highest BCUT2D eigenvalue weighted by atomic mass is 16.5. The SMILES string of the molecule is CNC(=O)c1ccc2c3c1C(COC)CN3CCNC2. The van der Waals surface area contributed by atoms with Gasteiger partial charge in [-0.1, -0.05) is 6.07 Å². The molecule has 0 fully saturated rings. The Hall–Kier alpha value is -1.59. The number of rotatable bonds is 3. The van der Waals surface area contributed by atoms with Crippen molar-refractivity contribution in [2.24, 2.45) is 0 Å². The van der Waals surface area contributed by atoms with Crippen molar-refractivity contribution in [2.75, 3.05) is 45.3 Å². The first-order valence-electron chi connectivity index (χ1n) is 7.08. The molecule has 108 valence electrons. The molecule has 0 bridgehead atoms. The zero-order chi connectivity index (χ0) is 14.1. The molecule has 0 spiro atoms. The standard InChI is InChI=1S/C15H21N3O2/c1-16-15(19)12-4-3-10-7-17-5-6-18-8-11(9-20-2)13(12)14(10)18/h3-4,11,17H,5-9H2,1-2H3,(H,16,19). The summed E-state index contributed by atoms with van der Waals surface area (Å²) in [5, 5.41) is 6.18. The molecule has 2 aliphatic rings. The van der Waals surface area contributed by atoms with E-state index in [1.807, 2.05) is 6.07 Å². The van der Waals surface area contributed by atoms with Gasteiger partial charge in [0.15, 0.2) is 0 Å². The topological polar surface area (TPSA) is 53.6 Å². The highest BCUT2D eigenvalue weighted by Crippen LogP contribution is 2.42. The fraction of sp³-hybridized carbons (Fsp3) is 0.533. The number of methoxy groups -OCH3 is 1. The summed E-state index contributed by atoms with van der Waals surface area (Å²) in [4.78, 5) is 14.5. The largest absolute Gasteiger partial charge is 0.384 e. The van der Waals surface area contributed by atoms with Crippen LogP contribution in [0.2, 0.25) is 0 Å². The lowest BCUT2D eigenvalue weighted by Crippen LogP contribution is -2.28. The van der Waals surface area contributed by atoms with Gasteiger partial charge in [-0.25, -0.2) is 0 Å². The molecule has 2 N–H and O–H groups in total. The van der Waals surface area contributed by atoms with Gasteiger partial charge in [0.2, 0.25) is 0 Å². The van der Waals surface area contributed by atoms with Crippen molar-refractivity contribution in [1.29, 1.82) is 0 Å². The highest BCUT2D eigenvalue weighted by Gasteiger charge is 2.35. The van der Waals surface area contributed by atoms with E-state index in [1.54, 1.807) is 14.2 Å². The van der Waals surface area contributed by atoms with Crippen LogP contribution in [0.1, 0.15) is 27.4 Å². The zero-order valence-electron chi connectivity index (χ0n) is 12.0. The van der Waals surface area contributed by atoms with Crippen LogP contribution in [0.25, 0.3) is 0 Å². The van der Waals surface area contributed by atoms with Gasteiger partial charge in [-0.3, -0.25) is 4.79 Å². The summed E-state index contributed by atoms with van der Waals surface area (Å²) in [5.74, 6) is 0.267. The molecule has 0 radical (unpaired) electrons. The summed E-state index contributed by atoms with van der Waals surface area (Å²) in [6, 6.07) is 4.02. The first-order chi connectivity index (χ1) is 9.76. The average Bonchev–Trinajstić information content (AvgIpc) is 2.69. The third-order valence-corrected chi connectivity index (χ3v) is 4.18. The second-order valence-corrected chi connectivity index (χ2v) is 5.39. The lowest BCUT2D eigenvalue weighted by molar-refractivity contribution is 0.0961. The average molecular weight is 275 g/mol. The van der Waals surface area contributed by atoms with Crippen LogP contribution in [0.15, 0.2) is 12.1 Å².